The monoisotopic (exact) mass is 500 g/mol. The highest BCUT2D eigenvalue weighted by Gasteiger charge is 2.31. The van der Waals surface area contributed by atoms with Gasteiger partial charge in [0, 0.05) is 37.2 Å². The van der Waals surface area contributed by atoms with E-state index in [1.807, 2.05) is 30.3 Å². The Morgan fingerprint density at radius 1 is 1.06 bits per heavy atom. The molecule has 184 valence electrons. The molecule has 0 radical (unpaired) electrons. The van der Waals surface area contributed by atoms with Crippen LogP contribution in [0.2, 0.25) is 0 Å². The molecule has 7 nitrogen and oxygen atoms in total. The molecule has 3 aromatic rings. The predicted octanol–water partition coefficient (Wildman–Crippen LogP) is 5.57. The van der Waals surface area contributed by atoms with Crippen molar-refractivity contribution in [2.45, 2.75) is 18.9 Å². The van der Waals surface area contributed by atoms with Gasteiger partial charge < -0.3 is 14.2 Å². The van der Waals surface area contributed by atoms with Gasteiger partial charge in [0.05, 0.1) is 11.5 Å². The van der Waals surface area contributed by atoms with E-state index in [2.05, 4.69) is 4.90 Å². The zero-order chi connectivity index (χ0) is 23.5. The minimum absolute atomic E-state index is 0. The molecule has 1 saturated heterocycles. The van der Waals surface area contributed by atoms with Gasteiger partial charge in [-0.15, -0.1) is 12.4 Å². The number of benzene rings is 3. The van der Waals surface area contributed by atoms with Gasteiger partial charge in [-0.2, -0.15) is 0 Å². The summed E-state index contributed by atoms with van der Waals surface area (Å²) in [5, 5.41) is 10.9. The molecule has 0 aliphatic carbocycles. The van der Waals surface area contributed by atoms with Crippen LogP contribution in [0.5, 0.6) is 17.2 Å². The lowest BCUT2D eigenvalue weighted by Gasteiger charge is -2.39. The summed E-state index contributed by atoms with van der Waals surface area (Å²) >= 11 is 0. The number of nitro groups is 1. The predicted molar refractivity (Wildman–Crippen MR) is 131 cm³/mol. The number of non-ortho nitro benzene ring substituents is 1. The van der Waals surface area contributed by atoms with Crippen LogP contribution in [0.3, 0.4) is 0 Å². The fraction of sp³-hybridized carbons (Fsp3) is 0.308. The molecule has 5 rings (SSSR count). The Balaban J connectivity index is 0.00000289. The number of nitro benzene ring substituents is 1. The summed E-state index contributed by atoms with van der Waals surface area (Å²) in [4.78, 5) is 12.9. The van der Waals surface area contributed by atoms with Crippen molar-refractivity contribution in [1.82, 2.24) is 4.90 Å². The minimum Gasteiger partial charge on any atom is -0.489 e. The van der Waals surface area contributed by atoms with Gasteiger partial charge in [0.1, 0.15) is 11.6 Å². The first kappa shape index (κ1) is 24.8. The molecule has 0 amide bonds. The molecule has 2 aliphatic heterocycles. The van der Waals surface area contributed by atoms with Crippen LogP contribution in [0.4, 0.5) is 10.1 Å². The van der Waals surface area contributed by atoms with Gasteiger partial charge in [0.25, 0.3) is 5.69 Å². The Kier molecular flexibility index (Phi) is 7.73. The first-order valence-corrected chi connectivity index (χ1v) is 11.3. The zero-order valence-corrected chi connectivity index (χ0v) is 19.8. The molecule has 3 aromatic carbocycles. The van der Waals surface area contributed by atoms with Crippen LogP contribution in [0.15, 0.2) is 66.7 Å². The lowest BCUT2D eigenvalue weighted by Crippen LogP contribution is -2.41. The van der Waals surface area contributed by atoms with Crippen molar-refractivity contribution in [3.8, 4) is 17.2 Å². The molecule has 2 unspecified atom stereocenters. The molecule has 9 heteroatoms. The topological polar surface area (TPSA) is 74.1 Å². The molecule has 2 aliphatic rings. The van der Waals surface area contributed by atoms with Crippen LogP contribution in [0.25, 0.3) is 0 Å². The fourth-order valence-corrected chi connectivity index (χ4v) is 4.72. The van der Waals surface area contributed by atoms with Crippen LogP contribution in [-0.4, -0.2) is 36.3 Å². The van der Waals surface area contributed by atoms with Crippen LogP contribution in [0, 0.1) is 21.8 Å². The molecule has 0 aromatic heterocycles. The average molecular weight is 501 g/mol. The van der Waals surface area contributed by atoms with Gasteiger partial charge in [-0.05, 0) is 54.3 Å². The maximum absolute atomic E-state index is 13.5. The summed E-state index contributed by atoms with van der Waals surface area (Å²) in [6.07, 6.45) is 0.906. The van der Waals surface area contributed by atoms with Crippen molar-refractivity contribution < 1.29 is 23.5 Å². The third kappa shape index (κ3) is 5.83. The quantitative estimate of drug-likeness (QED) is 0.312. The lowest BCUT2D eigenvalue weighted by molar-refractivity contribution is -0.384. The largest absolute Gasteiger partial charge is 0.489 e. The van der Waals surface area contributed by atoms with E-state index in [9.17, 15) is 14.5 Å². The van der Waals surface area contributed by atoms with E-state index in [1.165, 1.54) is 12.1 Å². The highest BCUT2D eigenvalue weighted by atomic mass is 35.5. The first-order chi connectivity index (χ1) is 16.5. The second-order valence-electron chi connectivity index (χ2n) is 8.69. The fourth-order valence-electron chi connectivity index (χ4n) is 4.72. The first-order valence-electron chi connectivity index (χ1n) is 11.3. The number of likely N-dealkylation sites (tertiary alicyclic amines) is 1. The van der Waals surface area contributed by atoms with Crippen molar-refractivity contribution in [1.29, 1.82) is 0 Å². The summed E-state index contributed by atoms with van der Waals surface area (Å²) in [5.74, 6) is 2.26. The number of piperidine rings is 1. The summed E-state index contributed by atoms with van der Waals surface area (Å²) in [6.45, 7) is 3.01. The summed E-state index contributed by atoms with van der Waals surface area (Å²) in [7, 11) is 0. The molecule has 0 N–H and O–H groups in total. The van der Waals surface area contributed by atoms with Gasteiger partial charge in [-0.25, -0.2) is 4.39 Å². The number of ether oxygens (including phenoxy) is 3. The molecular weight excluding hydrogens is 475 g/mol. The van der Waals surface area contributed by atoms with E-state index in [1.54, 1.807) is 24.3 Å². The smallest absolute Gasteiger partial charge is 0.269 e. The van der Waals surface area contributed by atoms with Crippen molar-refractivity contribution in [2.75, 3.05) is 26.5 Å². The highest BCUT2D eigenvalue weighted by Crippen LogP contribution is 2.37. The average Bonchev–Trinajstić information content (AvgIpc) is 2.85. The SMILES string of the molecule is Cl.O=[N+]([O-])c1ccc(CN2CCC(c3ccc(F)cc3)C(COc3ccc4cc3OCO4)C2)cc1. The van der Waals surface area contributed by atoms with Gasteiger partial charge in [0.2, 0.25) is 6.79 Å². The number of nitrogens with zero attached hydrogens (tertiary/aromatic N) is 2. The maximum atomic E-state index is 13.5. The maximum Gasteiger partial charge on any atom is 0.269 e. The van der Waals surface area contributed by atoms with Gasteiger partial charge >= 0.3 is 0 Å². The molecular formula is C26H26ClFN2O5. The molecule has 1 fully saturated rings. The van der Waals surface area contributed by atoms with Crippen molar-refractivity contribution in [3.63, 3.8) is 0 Å². The Morgan fingerprint density at radius 3 is 2.57 bits per heavy atom. The Bertz CT molecular complexity index is 1160. The van der Waals surface area contributed by atoms with Crippen molar-refractivity contribution >= 4 is 18.1 Å². The highest BCUT2D eigenvalue weighted by molar-refractivity contribution is 5.85. The van der Waals surface area contributed by atoms with Gasteiger partial charge in [-0.1, -0.05) is 24.3 Å². The van der Waals surface area contributed by atoms with Crippen LogP contribution >= 0.6 is 12.4 Å². The third-order valence-corrected chi connectivity index (χ3v) is 6.48. The summed E-state index contributed by atoms with van der Waals surface area (Å²) in [6, 6.07) is 19.0. The summed E-state index contributed by atoms with van der Waals surface area (Å²) in [5.41, 5.74) is 2.22. The van der Waals surface area contributed by atoms with Crippen LogP contribution < -0.4 is 14.2 Å². The van der Waals surface area contributed by atoms with Crippen molar-refractivity contribution in [2.24, 2.45) is 5.92 Å². The Hall–Kier alpha value is -3.36. The van der Waals surface area contributed by atoms with E-state index >= 15 is 0 Å². The van der Waals surface area contributed by atoms with Crippen molar-refractivity contribution in [3.05, 3.63) is 93.8 Å². The molecule has 0 saturated carbocycles. The molecule has 0 spiro atoms. The summed E-state index contributed by atoms with van der Waals surface area (Å²) < 4.78 is 30.7. The number of halogens is 2. The zero-order valence-electron chi connectivity index (χ0n) is 19.0. The third-order valence-electron chi connectivity index (χ3n) is 6.48. The molecule has 2 heterocycles. The Morgan fingerprint density at radius 2 is 1.83 bits per heavy atom. The van der Waals surface area contributed by atoms with E-state index in [0.29, 0.717) is 24.7 Å². The Labute approximate surface area is 209 Å². The normalized spacial score (nSPS) is 19.1. The molecule has 35 heavy (non-hydrogen) atoms. The van der Waals surface area contributed by atoms with Crippen LogP contribution in [0.1, 0.15) is 23.5 Å². The van der Waals surface area contributed by atoms with E-state index in [0.717, 1.165) is 36.4 Å². The van der Waals surface area contributed by atoms with Gasteiger partial charge in [0.15, 0.2) is 11.5 Å². The van der Waals surface area contributed by atoms with E-state index in [-0.39, 0.29) is 47.5 Å². The lowest BCUT2D eigenvalue weighted by atomic mass is 9.80. The standard InChI is InChI=1S/C26H25FN2O5.ClH/c27-21-5-3-19(4-6-21)24-11-12-28(14-18-1-7-22(8-2-18)29(30)31)15-20(24)16-32-25-10-9-23-13-26(25)34-17-33-23;/h1-10,13,20,24H,11-12,14-17H2;1H. The second kappa shape index (κ2) is 10.9. The number of hydrogen-bond acceptors (Lipinski definition) is 6. The minimum atomic E-state index is -0.388. The van der Waals surface area contributed by atoms with Gasteiger partial charge in [-0.3, -0.25) is 15.0 Å². The number of rotatable bonds is 7. The van der Waals surface area contributed by atoms with Crippen LogP contribution in [-0.2, 0) is 6.54 Å². The molecule has 2 atom stereocenters. The molecule has 2 bridgehead atoms. The number of hydrogen-bond donors (Lipinski definition) is 0. The second-order valence-corrected chi connectivity index (χ2v) is 8.69. The van der Waals surface area contributed by atoms with E-state index in [4.69, 9.17) is 14.2 Å². The number of fused-ring (bicyclic) bond motifs is 2. The van der Waals surface area contributed by atoms with E-state index < -0.39 is 0 Å².